The maximum Gasteiger partial charge on any atom is 0.211 e. The van der Waals surface area contributed by atoms with E-state index in [2.05, 4.69) is 15.6 Å². The summed E-state index contributed by atoms with van der Waals surface area (Å²) in [6, 6.07) is 4.30. The molecule has 3 N–H and O–H groups in total. The van der Waals surface area contributed by atoms with Gasteiger partial charge in [-0.1, -0.05) is 0 Å². The lowest BCUT2D eigenvalue weighted by Gasteiger charge is -2.08. The number of halogens is 1. The van der Waals surface area contributed by atoms with Crippen LogP contribution in [0.3, 0.4) is 0 Å². The highest BCUT2D eigenvalue weighted by Gasteiger charge is 2.15. The smallest absolute Gasteiger partial charge is 0.211 e. The summed E-state index contributed by atoms with van der Waals surface area (Å²) in [4.78, 5) is 24.8. The Hall–Kier alpha value is -2.47. The number of H-pyrrole nitrogens is 1. The fraction of sp³-hybridized carbons (Fsp3) is 0.200. The number of fused-ring (bicyclic) bond motifs is 1. The predicted molar refractivity (Wildman–Crippen MR) is 79.4 cm³/mol. The van der Waals surface area contributed by atoms with Gasteiger partial charge < -0.3 is 15.6 Å². The largest absolute Gasteiger partial charge is 0.352 e. The van der Waals surface area contributed by atoms with E-state index in [4.69, 9.17) is 0 Å². The Kier molecular flexibility index (Phi) is 4.84. The van der Waals surface area contributed by atoms with Gasteiger partial charge in [0.1, 0.15) is 5.82 Å². The van der Waals surface area contributed by atoms with Gasteiger partial charge in [-0.25, -0.2) is 4.39 Å². The number of amides is 1. The van der Waals surface area contributed by atoms with Crippen LogP contribution in [0.4, 0.5) is 4.39 Å². The van der Waals surface area contributed by atoms with Crippen molar-refractivity contribution >= 4 is 29.2 Å². The number of carbonyl (C=O) groups is 2. The first kappa shape index (κ1) is 14.9. The molecular formula is C15H16FN3O2. The molecule has 0 saturated heterocycles. The van der Waals surface area contributed by atoms with E-state index >= 15 is 0 Å². The lowest BCUT2D eigenvalue weighted by atomic mass is 10.00. The van der Waals surface area contributed by atoms with E-state index in [1.54, 1.807) is 13.1 Å². The number of aldehydes is 1. The molecule has 0 aliphatic carbocycles. The number of hydrogen-bond acceptors (Lipinski definition) is 3. The van der Waals surface area contributed by atoms with Crippen molar-refractivity contribution in [2.75, 3.05) is 13.6 Å². The molecule has 110 valence electrons. The third-order valence-corrected chi connectivity index (χ3v) is 3.20. The van der Waals surface area contributed by atoms with Crippen LogP contribution in [-0.2, 0) is 4.79 Å². The summed E-state index contributed by atoms with van der Waals surface area (Å²) in [6.45, 7) is 0.659. The van der Waals surface area contributed by atoms with Crippen LogP contribution in [0.25, 0.3) is 16.5 Å². The molecule has 0 aliphatic heterocycles. The third kappa shape index (κ3) is 3.17. The van der Waals surface area contributed by atoms with Crippen LogP contribution in [0.5, 0.6) is 0 Å². The number of aromatic nitrogens is 1. The molecule has 2 aromatic rings. The highest BCUT2D eigenvalue weighted by atomic mass is 19.1. The zero-order valence-corrected chi connectivity index (χ0v) is 11.6. The Morgan fingerprint density at radius 3 is 2.86 bits per heavy atom. The monoisotopic (exact) mass is 289 g/mol. The van der Waals surface area contributed by atoms with Crippen molar-refractivity contribution in [1.82, 2.24) is 15.6 Å². The van der Waals surface area contributed by atoms with E-state index in [-0.39, 0.29) is 5.82 Å². The number of aromatic amines is 1. The molecule has 1 amide bonds. The Morgan fingerprint density at radius 1 is 1.38 bits per heavy atom. The van der Waals surface area contributed by atoms with Gasteiger partial charge in [0, 0.05) is 22.7 Å². The molecular weight excluding hydrogens is 273 g/mol. The van der Waals surface area contributed by atoms with Crippen molar-refractivity contribution < 1.29 is 14.0 Å². The second kappa shape index (κ2) is 6.81. The van der Waals surface area contributed by atoms with Gasteiger partial charge in [0.2, 0.25) is 6.41 Å². The van der Waals surface area contributed by atoms with Gasteiger partial charge in [-0.2, -0.15) is 0 Å². The summed E-state index contributed by atoms with van der Waals surface area (Å²) in [7, 11) is 1.81. The molecule has 0 spiro atoms. The van der Waals surface area contributed by atoms with Crippen LogP contribution in [-0.4, -0.2) is 31.3 Å². The first-order valence-electron chi connectivity index (χ1n) is 6.51. The molecule has 0 unspecified atom stereocenters. The van der Waals surface area contributed by atoms with E-state index in [0.29, 0.717) is 47.8 Å². The normalized spacial score (nSPS) is 11.6. The molecule has 21 heavy (non-hydrogen) atoms. The van der Waals surface area contributed by atoms with Gasteiger partial charge in [-0.15, -0.1) is 0 Å². The average Bonchev–Trinajstić information content (AvgIpc) is 2.85. The Labute approximate surface area is 121 Å². The van der Waals surface area contributed by atoms with Crippen molar-refractivity contribution in [3.8, 4) is 0 Å². The fourth-order valence-corrected chi connectivity index (χ4v) is 2.28. The topological polar surface area (TPSA) is 74.0 Å². The van der Waals surface area contributed by atoms with Gasteiger partial charge >= 0.3 is 0 Å². The van der Waals surface area contributed by atoms with Crippen LogP contribution >= 0.6 is 0 Å². The molecule has 0 radical (unpaired) electrons. The Morgan fingerprint density at radius 2 is 2.19 bits per heavy atom. The maximum atomic E-state index is 13.5. The standard InChI is InChI=1S/C15H16FN3O2/c1-17-5-4-10(7-18-9-21)15-12-6-11(16)2-3-13(12)19-14(15)8-20/h2-3,6-9,17,19H,4-5H2,1H3,(H,18,21)/b10-7+. The van der Waals surface area contributed by atoms with Gasteiger partial charge in [-0.05, 0) is 43.8 Å². The second-order valence-electron chi connectivity index (χ2n) is 4.53. The quantitative estimate of drug-likeness (QED) is 0.681. The molecule has 0 bridgehead atoms. The summed E-state index contributed by atoms with van der Waals surface area (Å²) >= 11 is 0. The summed E-state index contributed by atoms with van der Waals surface area (Å²) in [5.74, 6) is -0.378. The van der Waals surface area contributed by atoms with Crippen LogP contribution in [0, 0.1) is 5.82 Å². The molecule has 5 nitrogen and oxygen atoms in total. The first-order valence-corrected chi connectivity index (χ1v) is 6.51. The Bertz CT molecular complexity index is 692. The molecule has 1 heterocycles. The van der Waals surface area contributed by atoms with E-state index in [1.165, 1.54) is 18.3 Å². The third-order valence-electron chi connectivity index (χ3n) is 3.20. The van der Waals surface area contributed by atoms with Crippen molar-refractivity contribution in [3.05, 3.63) is 41.5 Å². The van der Waals surface area contributed by atoms with Crippen molar-refractivity contribution in [2.45, 2.75) is 6.42 Å². The number of rotatable bonds is 7. The predicted octanol–water partition coefficient (Wildman–Crippen LogP) is 1.82. The molecule has 1 aromatic heterocycles. The minimum atomic E-state index is -0.378. The molecule has 0 fully saturated rings. The van der Waals surface area contributed by atoms with Crippen LogP contribution < -0.4 is 10.6 Å². The lowest BCUT2D eigenvalue weighted by molar-refractivity contribution is -0.108. The molecule has 0 atom stereocenters. The van der Waals surface area contributed by atoms with E-state index in [1.807, 2.05) is 0 Å². The van der Waals surface area contributed by atoms with Crippen molar-refractivity contribution in [3.63, 3.8) is 0 Å². The number of benzene rings is 1. The maximum absolute atomic E-state index is 13.5. The van der Waals surface area contributed by atoms with E-state index < -0.39 is 0 Å². The summed E-state index contributed by atoms with van der Waals surface area (Å²) in [5.41, 5.74) is 2.40. The summed E-state index contributed by atoms with van der Waals surface area (Å²) < 4.78 is 13.5. The van der Waals surface area contributed by atoms with Crippen molar-refractivity contribution in [1.29, 1.82) is 0 Å². The number of hydrogen-bond donors (Lipinski definition) is 3. The highest BCUT2D eigenvalue weighted by molar-refractivity contribution is 6.00. The van der Waals surface area contributed by atoms with E-state index in [0.717, 1.165) is 5.57 Å². The zero-order valence-electron chi connectivity index (χ0n) is 11.6. The number of nitrogens with one attached hydrogen (secondary N) is 3. The lowest BCUT2D eigenvalue weighted by Crippen LogP contribution is -2.10. The number of carbonyl (C=O) groups excluding carboxylic acids is 2. The minimum absolute atomic E-state index is 0.366. The van der Waals surface area contributed by atoms with Crippen LogP contribution in [0.2, 0.25) is 0 Å². The SMILES string of the molecule is CNCC/C(=C\NC=O)c1c(C=O)[nH]c2ccc(F)cc12. The van der Waals surface area contributed by atoms with Crippen LogP contribution in [0.15, 0.2) is 24.4 Å². The average molecular weight is 289 g/mol. The van der Waals surface area contributed by atoms with Gasteiger partial charge in [0.15, 0.2) is 6.29 Å². The van der Waals surface area contributed by atoms with Crippen LogP contribution in [0.1, 0.15) is 22.5 Å². The van der Waals surface area contributed by atoms with Gasteiger partial charge in [0.25, 0.3) is 0 Å². The second-order valence-corrected chi connectivity index (χ2v) is 4.53. The van der Waals surface area contributed by atoms with Gasteiger partial charge in [-0.3, -0.25) is 9.59 Å². The highest BCUT2D eigenvalue weighted by Crippen LogP contribution is 2.30. The molecule has 0 aliphatic rings. The summed E-state index contributed by atoms with van der Waals surface area (Å²) in [6.07, 6.45) is 3.36. The van der Waals surface area contributed by atoms with E-state index in [9.17, 15) is 14.0 Å². The molecule has 6 heteroatoms. The summed E-state index contributed by atoms with van der Waals surface area (Å²) in [5, 5.41) is 6.10. The Balaban J connectivity index is 2.61. The fourth-order valence-electron chi connectivity index (χ4n) is 2.28. The zero-order chi connectivity index (χ0) is 15.2. The van der Waals surface area contributed by atoms with Crippen molar-refractivity contribution in [2.24, 2.45) is 0 Å². The van der Waals surface area contributed by atoms with Gasteiger partial charge in [0.05, 0.1) is 5.69 Å². The molecule has 2 rings (SSSR count). The molecule has 0 saturated carbocycles. The minimum Gasteiger partial charge on any atom is -0.352 e. The first-order chi connectivity index (χ1) is 10.2. The molecule has 1 aromatic carbocycles.